The first-order valence-corrected chi connectivity index (χ1v) is 7.30. The van der Waals surface area contributed by atoms with Crippen molar-refractivity contribution in [2.24, 2.45) is 0 Å². The molecule has 5 nitrogen and oxygen atoms in total. The maximum atomic E-state index is 12.1. The zero-order valence-corrected chi connectivity index (χ0v) is 13.6. The van der Waals surface area contributed by atoms with Crippen molar-refractivity contribution in [1.29, 1.82) is 5.26 Å². The highest BCUT2D eigenvalue weighted by atomic mass is 35.5. The number of rotatable bonds is 7. The lowest BCUT2D eigenvalue weighted by molar-refractivity contribution is -0.170. The number of benzene rings is 1. The lowest BCUT2D eigenvalue weighted by atomic mass is 10.2. The molecule has 118 valence electrons. The summed E-state index contributed by atoms with van der Waals surface area (Å²) in [6.07, 6.45) is 2.87. The van der Waals surface area contributed by atoms with Crippen molar-refractivity contribution < 1.29 is 14.3 Å². The fraction of sp³-hybridized carbons (Fsp3) is 0.375. The highest BCUT2D eigenvalue weighted by Crippen LogP contribution is 2.15. The zero-order valence-electron chi connectivity index (χ0n) is 12.9. The molecular weight excluding hydrogens is 304 g/mol. The second-order valence-electron chi connectivity index (χ2n) is 4.41. The van der Waals surface area contributed by atoms with Crippen LogP contribution >= 0.6 is 11.6 Å². The average molecular weight is 323 g/mol. The third-order valence-electron chi connectivity index (χ3n) is 2.82. The molecule has 0 saturated carbocycles. The number of nitriles is 1. The van der Waals surface area contributed by atoms with Crippen LogP contribution in [-0.4, -0.2) is 23.8 Å². The number of esters is 1. The molecule has 1 atom stereocenters. The third kappa shape index (κ3) is 5.40. The van der Waals surface area contributed by atoms with Crippen LogP contribution in [0.15, 0.2) is 36.0 Å². The molecule has 0 heterocycles. The van der Waals surface area contributed by atoms with E-state index < -0.39 is 12.3 Å². The number of ether oxygens (including phenoxy) is 2. The van der Waals surface area contributed by atoms with E-state index in [4.69, 9.17) is 21.1 Å². The molecule has 0 spiro atoms. The summed E-state index contributed by atoms with van der Waals surface area (Å²) >= 11 is 5.83. The highest BCUT2D eigenvalue weighted by Gasteiger charge is 2.20. The SMILES string of the molecule is C/C=C(\C(=O)OC(C)OCC)N(C#N)Cc1ccc(Cl)cc1. The van der Waals surface area contributed by atoms with Crippen LogP contribution in [0.3, 0.4) is 0 Å². The second kappa shape index (κ2) is 9.08. The first-order valence-electron chi connectivity index (χ1n) is 6.92. The van der Waals surface area contributed by atoms with Crippen LogP contribution in [0.5, 0.6) is 0 Å². The van der Waals surface area contributed by atoms with E-state index in [0.29, 0.717) is 11.6 Å². The van der Waals surface area contributed by atoms with Gasteiger partial charge in [-0.1, -0.05) is 29.8 Å². The Morgan fingerprint density at radius 3 is 2.59 bits per heavy atom. The van der Waals surface area contributed by atoms with Crippen LogP contribution in [0.2, 0.25) is 5.02 Å². The molecule has 0 bridgehead atoms. The fourth-order valence-corrected chi connectivity index (χ4v) is 1.94. The molecule has 1 aromatic rings. The van der Waals surface area contributed by atoms with Gasteiger partial charge >= 0.3 is 5.97 Å². The Labute approximate surface area is 135 Å². The van der Waals surface area contributed by atoms with Crippen LogP contribution in [0.25, 0.3) is 0 Å². The van der Waals surface area contributed by atoms with Gasteiger partial charge in [0.25, 0.3) is 0 Å². The maximum absolute atomic E-state index is 12.1. The van der Waals surface area contributed by atoms with E-state index in [1.165, 1.54) is 4.90 Å². The highest BCUT2D eigenvalue weighted by molar-refractivity contribution is 6.30. The molecule has 0 aliphatic rings. The lowest BCUT2D eigenvalue weighted by Gasteiger charge is -2.20. The van der Waals surface area contributed by atoms with Gasteiger partial charge in [0.05, 0.1) is 6.54 Å². The van der Waals surface area contributed by atoms with E-state index >= 15 is 0 Å². The number of hydrogen-bond donors (Lipinski definition) is 0. The molecular formula is C16H19ClN2O3. The molecule has 6 heteroatoms. The Bertz CT molecular complexity index is 564. The molecule has 0 N–H and O–H groups in total. The van der Waals surface area contributed by atoms with Gasteiger partial charge in [-0.05, 0) is 38.5 Å². The number of carbonyl (C=O) groups excluding carboxylic acids is 1. The Hall–Kier alpha value is -2.03. The molecule has 0 aliphatic heterocycles. The molecule has 1 aromatic carbocycles. The Morgan fingerprint density at radius 1 is 1.45 bits per heavy atom. The van der Waals surface area contributed by atoms with E-state index in [2.05, 4.69) is 0 Å². The Kier molecular flexibility index (Phi) is 7.44. The van der Waals surface area contributed by atoms with Crippen LogP contribution < -0.4 is 0 Å². The number of halogens is 1. The predicted octanol–water partition coefficient (Wildman–Crippen LogP) is 3.45. The molecule has 1 rings (SSSR count). The largest absolute Gasteiger partial charge is 0.431 e. The topological polar surface area (TPSA) is 62.6 Å². The third-order valence-corrected chi connectivity index (χ3v) is 3.07. The number of carbonyl (C=O) groups is 1. The van der Waals surface area contributed by atoms with Crippen LogP contribution in [-0.2, 0) is 20.8 Å². The van der Waals surface area contributed by atoms with Gasteiger partial charge in [0.2, 0.25) is 6.29 Å². The van der Waals surface area contributed by atoms with E-state index in [9.17, 15) is 10.1 Å². The molecule has 0 saturated heterocycles. The summed E-state index contributed by atoms with van der Waals surface area (Å²) in [5.74, 6) is -0.598. The van der Waals surface area contributed by atoms with Crippen molar-refractivity contribution in [1.82, 2.24) is 4.90 Å². The van der Waals surface area contributed by atoms with Crippen molar-refractivity contribution in [3.63, 3.8) is 0 Å². The van der Waals surface area contributed by atoms with Gasteiger partial charge in [0.15, 0.2) is 6.19 Å². The Balaban J connectivity index is 2.80. The minimum absolute atomic E-state index is 0.170. The smallest absolute Gasteiger partial charge is 0.357 e. The van der Waals surface area contributed by atoms with Gasteiger partial charge in [-0.25, -0.2) is 4.79 Å². The predicted molar refractivity (Wildman–Crippen MR) is 83.5 cm³/mol. The number of allylic oxidation sites excluding steroid dienone is 1. The molecule has 22 heavy (non-hydrogen) atoms. The normalized spacial score (nSPS) is 12.4. The summed E-state index contributed by atoms with van der Waals surface area (Å²) in [4.78, 5) is 13.4. The summed E-state index contributed by atoms with van der Waals surface area (Å²) in [5, 5.41) is 9.91. The molecule has 0 aromatic heterocycles. The molecule has 0 radical (unpaired) electrons. The summed E-state index contributed by atoms with van der Waals surface area (Å²) in [6, 6.07) is 7.07. The number of hydrogen-bond acceptors (Lipinski definition) is 5. The fourth-order valence-electron chi connectivity index (χ4n) is 1.81. The lowest BCUT2D eigenvalue weighted by Crippen LogP contribution is -2.27. The molecule has 1 unspecified atom stereocenters. The average Bonchev–Trinajstić information content (AvgIpc) is 2.49. The summed E-state index contributed by atoms with van der Waals surface area (Å²) in [6.45, 7) is 5.81. The van der Waals surface area contributed by atoms with E-state index in [0.717, 1.165) is 5.56 Å². The van der Waals surface area contributed by atoms with Crippen molar-refractivity contribution in [3.05, 3.63) is 46.6 Å². The Morgan fingerprint density at radius 2 is 2.09 bits per heavy atom. The monoisotopic (exact) mass is 322 g/mol. The quantitative estimate of drug-likeness (QED) is 0.253. The van der Waals surface area contributed by atoms with Crippen molar-refractivity contribution in [2.45, 2.75) is 33.6 Å². The van der Waals surface area contributed by atoms with Crippen LogP contribution in [0, 0.1) is 11.5 Å². The molecule has 0 fully saturated rings. The van der Waals surface area contributed by atoms with Gasteiger partial charge < -0.3 is 9.47 Å². The number of nitrogens with zero attached hydrogens (tertiary/aromatic N) is 2. The first-order chi connectivity index (χ1) is 10.5. The van der Waals surface area contributed by atoms with Crippen LogP contribution in [0.4, 0.5) is 0 Å². The van der Waals surface area contributed by atoms with Crippen LogP contribution in [0.1, 0.15) is 26.3 Å². The molecule has 0 aliphatic carbocycles. The molecule has 0 amide bonds. The van der Waals surface area contributed by atoms with E-state index in [1.54, 1.807) is 44.2 Å². The van der Waals surface area contributed by atoms with Gasteiger partial charge in [-0.15, -0.1) is 0 Å². The summed E-state index contributed by atoms with van der Waals surface area (Å²) in [5.41, 5.74) is 1.03. The van der Waals surface area contributed by atoms with Gasteiger partial charge in [-0.2, -0.15) is 5.26 Å². The van der Waals surface area contributed by atoms with E-state index in [-0.39, 0.29) is 12.2 Å². The van der Waals surface area contributed by atoms with E-state index in [1.807, 2.05) is 13.1 Å². The first kappa shape index (κ1) is 18.0. The van der Waals surface area contributed by atoms with Crippen molar-refractivity contribution in [2.75, 3.05) is 6.61 Å². The van der Waals surface area contributed by atoms with Crippen molar-refractivity contribution in [3.8, 4) is 6.19 Å². The summed E-state index contributed by atoms with van der Waals surface area (Å²) < 4.78 is 10.3. The minimum atomic E-state index is -0.663. The van der Waals surface area contributed by atoms with Gasteiger partial charge in [0.1, 0.15) is 5.70 Å². The maximum Gasteiger partial charge on any atom is 0.357 e. The van der Waals surface area contributed by atoms with Gasteiger partial charge in [0, 0.05) is 11.6 Å². The van der Waals surface area contributed by atoms with Crippen molar-refractivity contribution >= 4 is 17.6 Å². The summed E-state index contributed by atoms with van der Waals surface area (Å²) in [7, 11) is 0. The van der Waals surface area contributed by atoms with Gasteiger partial charge in [-0.3, -0.25) is 4.90 Å². The standard InChI is InChI=1S/C16H19ClN2O3/c1-4-15(16(20)22-12(3)21-5-2)19(11-18)10-13-6-8-14(17)9-7-13/h4,6-9,12H,5,10H2,1-3H3/b15-4+. The minimum Gasteiger partial charge on any atom is -0.431 e. The second-order valence-corrected chi connectivity index (χ2v) is 4.85. The zero-order chi connectivity index (χ0) is 16.5.